The van der Waals surface area contributed by atoms with Crippen molar-refractivity contribution in [1.29, 1.82) is 0 Å². The molecule has 5 heteroatoms. The van der Waals surface area contributed by atoms with Crippen LogP contribution >= 0.6 is 0 Å². The number of carbonyl (C=O) groups is 1. The Bertz CT molecular complexity index is 520. The number of nitrogens with one attached hydrogen (secondary N) is 1. The van der Waals surface area contributed by atoms with Crippen molar-refractivity contribution in [1.82, 2.24) is 10.2 Å². The molecule has 2 N–H and O–H groups in total. The topological polar surface area (TPSA) is 75.1 Å². The monoisotopic (exact) mass is 229 g/mol. The molecular formula is C12H11N3O2. The van der Waals surface area contributed by atoms with Gasteiger partial charge in [0, 0.05) is 12.6 Å². The predicted octanol–water partition coefficient (Wildman–Crippen LogP) is 1.88. The molecule has 0 aliphatic rings. The normalized spacial score (nSPS) is 9.94. The molecule has 0 spiro atoms. The van der Waals surface area contributed by atoms with Gasteiger partial charge in [-0.2, -0.15) is 0 Å². The molecule has 0 fully saturated rings. The first-order chi connectivity index (χ1) is 8.20. The Kier molecular flexibility index (Phi) is 3.00. The first kappa shape index (κ1) is 11.1. The van der Waals surface area contributed by atoms with Gasteiger partial charge in [0.1, 0.15) is 5.82 Å². The molecule has 0 amide bonds. The van der Waals surface area contributed by atoms with Crippen LogP contribution in [0.25, 0.3) is 11.3 Å². The van der Waals surface area contributed by atoms with Gasteiger partial charge in [0.2, 0.25) is 0 Å². The van der Waals surface area contributed by atoms with Crippen LogP contribution in [0.2, 0.25) is 0 Å². The summed E-state index contributed by atoms with van der Waals surface area (Å²) in [7, 11) is 1.77. The van der Waals surface area contributed by atoms with Gasteiger partial charge in [-0.25, -0.2) is 4.79 Å². The van der Waals surface area contributed by atoms with Crippen LogP contribution in [-0.2, 0) is 0 Å². The molecular weight excluding hydrogens is 218 g/mol. The molecule has 5 nitrogen and oxygen atoms in total. The molecule has 0 atom stereocenters. The van der Waals surface area contributed by atoms with E-state index in [0.717, 1.165) is 5.56 Å². The van der Waals surface area contributed by atoms with Gasteiger partial charge in [-0.15, -0.1) is 10.2 Å². The van der Waals surface area contributed by atoms with Gasteiger partial charge in [-0.1, -0.05) is 12.1 Å². The van der Waals surface area contributed by atoms with Crippen LogP contribution < -0.4 is 5.32 Å². The number of nitrogens with zero attached hydrogens (tertiary/aromatic N) is 2. The third kappa shape index (κ3) is 2.39. The summed E-state index contributed by atoms with van der Waals surface area (Å²) >= 11 is 0. The van der Waals surface area contributed by atoms with E-state index in [-0.39, 0.29) is 5.56 Å². The average Bonchev–Trinajstić information content (AvgIpc) is 2.39. The summed E-state index contributed by atoms with van der Waals surface area (Å²) in [5.74, 6) is -0.246. The average molecular weight is 229 g/mol. The fourth-order valence-electron chi connectivity index (χ4n) is 1.40. The summed E-state index contributed by atoms with van der Waals surface area (Å²) < 4.78 is 0. The van der Waals surface area contributed by atoms with Crippen molar-refractivity contribution in [3.05, 3.63) is 42.0 Å². The van der Waals surface area contributed by atoms with Crippen LogP contribution in [0, 0.1) is 0 Å². The maximum Gasteiger partial charge on any atom is 0.335 e. The van der Waals surface area contributed by atoms with Crippen LogP contribution in [0.3, 0.4) is 0 Å². The summed E-state index contributed by atoms with van der Waals surface area (Å²) in [5.41, 5.74) is 1.81. The molecule has 0 aliphatic heterocycles. The molecule has 2 rings (SSSR count). The first-order valence-corrected chi connectivity index (χ1v) is 5.06. The Morgan fingerprint density at radius 2 is 1.82 bits per heavy atom. The first-order valence-electron chi connectivity index (χ1n) is 5.06. The second kappa shape index (κ2) is 4.61. The Balaban J connectivity index is 2.29. The lowest BCUT2D eigenvalue weighted by atomic mass is 10.1. The molecule has 86 valence electrons. The lowest BCUT2D eigenvalue weighted by molar-refractivity contribution is 0.0697. The smallest absolute Gasteiger partial charge is 0.335 e. The van der Waals surface area contributed by atoms with E-state index in [4.69, 9.17) is 5.11 Å². The highest BCUT2D eigenvalue weighted by Gasteiger charge is 2.04. The highest BCUT2D eigenvalue weighted by molar-refractivity contribution is 5.88. The fourth-order valence-corrected chi connectivity index (χ4v) is 1.40. The summed E-state index contributed by atoms with van der Waals surface area (Å²) in [5, 5.41) is 19.6. The molecule has 1 aromatic heterocycles. The summed E-state index contributed by atoms with van der Waals surface area (Å²) in [6.45, 7) is 0. The number of rotatable bonds is 3. The summed E-state index contributed by atoms with van der Waals surface area (Å²) in [4.78, 5) is 10.7. The standard InChI is InChI=1S/C12H11N3O2/c1-13-11-7-6-10(14-15-11)8-2-4-9(5-3-8)12(16)17/h2-7H,1H3,(H,13,15)(H,16,17). The number of benzene rings is 1. The molecule has 0 saturated heterocycles. The number of carboxylic acids is 1. The van der Waals surface area contributed by atoms with Crippen molar-refractivity contribution in [2.75, 3.05) is 12.4 Å². The van der Waals surface area contributed by atoms with Crippen LogP contribution in [0.15, 0.2) is 36.4 Å². The van der Waals surface area contributed by atoms with E-state index in [1.807, 2.05) is 12.1 Å². The van der Waals surface area contributed by atoms with Crippen molar-refractivity contribution in [3.8, 4) is 11.3 Å². The maximum absolute atomic E-state index is 10.7. The van der Waals surface area contributed by atoms with Crippen molar-refractivity contribution in [3.63, 3.8) is 0 Å². The van der Waals surface area contributed by atoms with E-state index >= 15 is 0 Å². The third-order valence-electron chi connectivity index (χ3n) is 2.35. The van der Waals surface area contributed by atoms with Crippen molar-refractivity contribution in [2.45, 2.75) is 0 Å². The lowest BCUT2D eigenvalue weighted by Gasteiger charge is -2.02. The molecule has 0 radical (unpaired) electrons. The molecule has 1 heterocycles. The van der Waals surface area contributed by atoms with Crippen LogP contribution in [0.1, 0.15) is 10.4 Å². The third-order valence-corrected chi connectivity index (χ3v) is 2.35. The second-order valence-electron chi connectivity index (χ2n) is 3.44. The zero-order valence-electron chi connectivity index (χ0n) is 9.21. The molecule has 17 heavy (non-hydrogen) atoms. The van der Waals surface area contributed by atoms with Gasteiger partial charge in [-0.3, -0.25) is 0 Å². The summed E-state index contributed by atoms with van der Waals surface area (Å²) in [6, 6.07) is 10.2. The minimum Gasteiger partial charge on any atom is -0.478 e. The van der Waals surface area contributed by atoms with Crippen LogP contribution in [0.5, 0.6) is 0 Å². The Labute approximate surface area is 98.1 Å². The largest absolute Gasteiger partial charge is 0.478 e. The quantitative estimate of drug-likeness (QED) is 0.840. The highest BCUT2D eigenvalue weighted by atomic mass is 16.4. The minimum absolute atomic E-state index is 0.258. The van der Waals surface area contributed by atoms with Gasteiger partial charge in [0.25, 0.3) is 0 Å². The number of aromatic nitrogens is 2. The second-order valence-corrected chi connectivity index (χ2v) is 3.44. The number of carboxylic acid groups (broad SMARTS) is 1. The number of anilines is 1. The summed E-state index contributed by atoms with van der Waals surface area (Å²) in [6.07, 6.45) is 0. The zero-order chi connectivity index (χ0) is 12.3. The van der Waals surface area contributed by atoms with Crippen molar-refractivity contribution in [2.24, 2.45) is 0 Å². The minimum atomic E-state index is -0.937. The van der Waals surface area contributed by atoms with E-state index in [9.17, 15) is 4.79 Å². The Morgan fingerprint density at radius 1 is 1.12 bits per heavy atom. The van der Waals surface area contributed by atoms with E-state index in [0.29, 0.717) is 11.5 Å². The van der Waals surface area contributed by atoms with Crippen molar-refractivity contribution < 1.29 is 9.90 Å². The number of hydrogen-bond acceptors (Lipinski definition) is 4. The number of aromatic carboxylic acids is 1. The van der Waals surface area contributed by atoms with Gasteiger partial charge in [-0.05, 0) is 24.3 Å². The molecule has 0 saturated carbocycles. The Hall–Kier alpha value is -2.43. The van der Waals surface area contributed by atoms with Gasteiger partial charge in [0.05, 0.1) is 11.3 Å². The van der Waals surface area contributed by atoms with Gasteiger partial charge in [0.15, 0.2) is 0 Å². The van der Waals surface area contributed by atoms with Crippen molar-refractivity contribution >= 4 is 11.8 Å². The molecule has 2 aromatic rings. The predicted molar refractivity (Wildman–Crippen MR) is 64.0 cm³/mol. The van der Waals surface area contributed by atoms with Crippen LogP contribution in [0.4, 0.5) is 5.82 Å². The number of hydrogen-bond donors (Lipinski definition) is 2. The van der Waals surface area contributed by atoms with E-state index in [1.54, 1.807) is 31.3 Å². The van der Waals surface area contributed by atoms with Crippen LogP contribution in [-0.4, -0.2) is 28.3 Å². The zero-order valence-corrected chi connectivity index (χ0v) is 9.21. The van der Waals surface area contributed by atoms with E-state index < -0.39 is 5.97 Å². The Morgan fingerprint density at radius 3 is 2.29 bits per heavy atom. The SMILES string of the molecule is CNc1ccc(-c2ccc(C(=O)O)cc2)nn1. The molecule has 1 aromatic carbocycles. The molecule has 0 unspecified atom stereocenters. The van der Waals surface area contributed by atoms with E-state index in [2.05, 4.69) is 15.5 Å². The highest BCUT2D eigenvalue weighted by Crippen LogP contribution is 2.17. The molecule has 0 bridgehead atoms. The maximum atomic E-state index is 10.7. The van der Waals surface area contributed by atoms with E-state index in [1.165, 1.54) is 0 Å². The van der Waals surface area contributed by atoms with Gasteiger partial charge >= 0.3 is 5.97 Å². The molecule has 0 aliphatic carbocycles. The lowest BCUT2D eigenvalue weighted by Crippen LogP contribution is -1.97. The van der Waals surface area contributed by atoms with Gasteiger partial charge < -0.3 is 10.4 Å². The fraction of sp³-hybridized carbons (Fsp3) is 0.0833.